The van der Waals surface area contributed by atoms with E-state index in [0.717, 1.165) is 11.4 Å². The quantitative estimate of drug-likeness (QED) is 0.665. The Kier molecular flexibility index (Phi) is 2.33. The molecule has 0 fully saturated rings. The lowest BCUT2D eigenvalue weighted by Crippen LogP contribution is -2.20. The summed E-state index contributed by atoms with van der Waals surface area (Å²) >= 11 is 0. The van der Waals surface area contributed by atoms with Crippen LogP contribution in [0.25, 0.3) is 11.4 Å². The Bertz CT molecular complexity index is 706. The monoisotopic (exact) mass is 241 g/mol. The summed E-state index contributed by atoms with van der Waals surface area (Å²) in [6.45, 7) is 0. The molecular formula is C12H11N5O. The van der Waals surface area contributed by atoms with Gasteiger partial charge in [0.1, 0.15) is 0 Å². The molecule has 90 valence electrons. The molecule has 3 aromatic rings. The van der Waals surface area contributed by atoms with Crippen LogP contribution < -0.4 is 5.69 Å². The molecule has 3 rings (SSSR count). The number of imidazole rings is 1. The zero-order chi connectivity index (χ0) is 12.5. The van der Waals surface area contributed by atoms with Crippen LogP contribution in [-0.4, -0.2) is 24.1 Å². The zero-order valence-corrected chi connectivity index (χ0v) is 9.76. The van der Waals surface area contributed by atoms with E-state index in [1.807, 2.05) is 24.3 Å². The molecule has 0 aliphatic carbocycles. The Morgan fingerprint density at radius 1 is 0.944 bits per heavy atom. The molecule has 0 radical (unpaired) electrons. The van der Waals surface area contributed by atoms with Crippen LogP contribution >= 0.6 is 0 Å². The maximum Gasteiger partial charge on any atom is 0.332 e. The number of hydrogen-bond acceptors (Lipinski definition) is 3. The summed E-state index contributed by atoms with van der Waals surface area (Å²) in [7, 11) is 1.72. The van der Waals surface area contributed by atoms with Crippen molar-refractivity contribution in [2.24, 2.45) is 7.05 Å². The van der Waals surface area contributed by atoms with Gasteiger partial charge >= 0.3 is 5.69 Å². The van der Waals surface area contributed by atoms with E-state index in [-0.39, 0.29) is 5.69 Å². The predicted molar refractivity (Wildman–Crippen MR) is 65.9 cm³/mol. The van der Waals surface area contributed by atoms with Crippen LogP contribution in [0.3, 0.4) is 0 Å². The third-order valence-electron chi connectivity index (χ3n) is 2.72. The maximum absolute atomic E-state index is 11.8. The second-order valence-corrected chi connectivity index (χ2v) is 3.90. The van der Waals surface area contributed by atoms with Crippen molar-refractivity contribution >= 4 is 0 Å². The minimum absolute atomic E-state index is 0.0695. The number of rotatable bonds is 2. The first-order valence-corrected chi connectivity index (χ1v) is 5.47. The van der Waals surface area contributed by atoms with Gasteiger partial charge in [0.25, 0.3) is 0 Å². The minimum atomic E-state index is -0.0695. The molecule has 0 N–H and O–H groups in total. The highest BCUT2D eigenvalue weighted by Gasteiger charge is 2.03. The lowest BCUT2D eigenvalue weighted by atomic mass is 10.3. The van der Waals surface area contributed by atoms with Crippen molar-refractivity contribution in [3.8, 4) is 11.4 Å². The largest absolute Gasteiger partial charge is 0.332 e. The summed E-state index contributed by atoms with van der Waals surface area (Å²) in [5.74, 6) is 0. The fourth-order valence-corrected chi connectivity index (χ4v) is 1.76. The number of benzene rings is 1. The second kappa shape index (κ2) is 3.99. The molecule has 0 saturated carbocycles. The van der Waals surface area contributed by atoms with Gasteiger partial charge in [-0.25, -0.2) is 4.79 Å². The molecule has 0 spiro atoms. The highest BCUT2D eigenvalue weighted by molar-refractivity contribution is 5.40. The van der Waals surface area contributed by atoms with E-state index >= 15 is 0 Å². The maximum atomic E-state index is 11.8. The van der Waals surface area contributed by atoms with Crippen molar-refractivity contribution in [1.29, 1.82) is 0 Å². The number of aromatic nitrogens is 5. The standard InChI is InChI=1S/C12H11N5O/c1-15-8-9-16(12(15)18)10-2-4-11(5-3-10)17-13-6-7-14-17/h2-9H,1H3. The number of hydrogen-bond donors (Lipinski definition) is 0. The third-order valence-corrected chi connectivity index (χ3v) is 2.72. The highest BCUT2D eigenvalue weighted by atomic mass is 16.1. The van der Waals surface area contributed by atoms with Gasteiger partial charge in [-0.2, -0.15) is 15.0 Å². The molecule has 0 saturated heterocycles. The van der Waals surface area contributed by atoms with Crippen LogP contribution in [0.1, 0.15) is 0 Å². The molecule has 0 unspecified atom stereocenters. The van der Waals surface area contributed by atoms with E-state index in [1.165, 1.54) is 9.36 Å². The summed E-state index contributed by atoms with van der Waals surface area (Å²) in [4.78, 5) is 13.3. The van der Waals surface area contributed by atoms with Crippen LogP contribution in [-0.2, 0) is 7.05 Å². The average molecular weight is 241 g/mol. The van der Waals surface area contributed by atoms with Crippen LogP contribution in [0, 0.1) is 0 Å². The fraction of sp³-hybridized carbons (Fsp3) is 0.0833. The Balaban J connectivity index is 2.01. The van der Waals surface area contributed by atoms with E-state index in [1.54, 1.807) is 36.4 Å². The van der Waals surface area contributed by atoms with E-state index in [4.69, 9.17) is 0 Å². The van der Waals surface area contributed by atoms with Crippen LogP contribution in [0.15, 0.2) is 53.8 Å². The van der Waals surface area contributed by atoms with Crippen LogP contribution in [0.4, 0.5) is 0 Å². The summed E-state index contributed by atoms with van der Waals surface area (Å²) in [5, 5.41) is 8.09. The summed E-state index contributed by atoms with van der Waals surface area (Å²) in [5.41, 5.74) is 1.60. The van der Waals surface area contributed by atoms with Gasteiger partial charge in [0.05, 0.1) is 23.8 Å². The molecular weight excluding hydrogens is 230 g/mol. The smallest absolute Gasteiger partial charge is 0.302 e. The molecule has 1 aromatic carbocycles. The summed E-state index contributed by atoms with van der Waals surface area (Å²) in [6, 6.07) is 7.46. The van der Waals surface area contributed by atoms with Gasteiger partial charge in [-0.1, -0.05) is 0 Å². The average Bonchev–Trinajstić information content (AvgIpc) is 3.02. The molecule has 0 bridgehead atoms. The second-order valence-electron chi connectivity index (χ2n) is 3.90. The lowest BCUT2D eigenvalue weighted by Gasteiger charge is -2.03. The first-order chi connectivity index (χ1) is 8.75. The van der Waals surface area contributed by atoms with Gasteiger partial charge in [0.2, 0.25) is 0 Å². The van der Waals surface area contributed by atoms with E-state index in [9.17, 15) is 4.79 Å². The molecule has 0 aliphatic heterocycles. The van der Waals surface area contributed by atoms with Gasteiger partial charge in [0, 0.05) is 19.4 Å². The molecule has 2 aromatic heterocycles. The lowest BCUT2D eigenvalue weighted by molar-refractivity contribution is 0.751. The Morgan fingerprint density at radius 3 is 2.11 bits per heavy atom. The predicted octanol–water partition coefficient (Wildman–Crippen LogP) is 0.757. The number of nitrogens with zero attached hydrogens (tertiary/aromatic N) is 5. The van der Waals surface area contributed by atoms with Crippen molar-refractivity contribution in [1.82, 2.24) is 24.1 Å². The molecule has 18 heavy (non-hydrogen) atoms. The van der Waals surface area contributed by atoms with Gasteiger partial charge in [0.15, 0.2) is 0 Å². The first kappa shape index (κ1) is 10.5. The topological polar surface area (TPSA) is 57.6 Å². The Labute approximate surface area is 103 Å². The first-order valence-electron chi connectivity index (χ1n) is 5.47. The van der Waals surface area contributed by atoms with Gasteiger partial charge in [-0.05, 0) is 24.3 Å². The number of aryl methyl sites for hydroxylation is 1. The van der Waals surface area contributed by atoms with Crippen molar-refractivity contribution in [2.75, 3.05) is 0 Å². The molecule has 0 amide bonds. The summed E-state index contributed by atoms with van der Waals surface area (Å²) in [6.07, 6.45) is 6.71. The molecule has 2 heterocycles. The summed E-state index contributed by atoms with van der Waals surface area (Å²) < 4.78 is 3.11. The normalized spacial score (nSPS) is 10.7. The molecule has 6 nitrogen and oxygen atoms in total. The molecule has 0 aliphatic rings. The van der Waals surface area contributed by atoms with Crippen LogP contribution in [0.2, 0.25) is 0 Å². The third kappa shape index (κ3) is 1.64. The Morgan fingerprint density at radius 2 is 1.56 bits per heavy atom. The van der Waals surface area contributed by atoms with Gasteiger partial charge in [-0.15, -0.1) is 0 Å². The van der Waals surface area contributed by atoms with Crippen LogP contribution in [0.5, 0.6) is 0 Å². The fourth-order valence-electron chi connectivity index (χ4n) is 1.76. The van der Waals surface area contributed by atoms with E-state index in [0.29, 0.717) is 0 Å². The molecule has 6 heteroatoms. The SMILES string of the molecule is Cn1ccn(-c2ccc(-n3nccn3)cc2)c1=O. The van der Waals surface area contributed by atoms with Crippen molar-refractivity contribution in [3.63, 3.8) is 0 Å². The van der Waals surface area contributed by atoms with Gasteiger partial charge < -0.3 is 4.57 Å². The molecule has 0 atom stereocenters. The highest BCUT2D eigenvalue weighted by Crippen LogP contribution is 2.09. The van der Waals surface area contributed by atoms with E-state index < -0.39 is 0 Å². The zero-order valence-electron chi connectivity index (χ0n) is 9.76. The minimum Gasteiger partial charge on any atom is -0.302 e. The Hall–Kier alpha value is -2.63. The van der Waals surface area contributed by atoms with Gasteiger partial charge in [-0.3, -0.25) is 4.57 Å². The van der Waals surface area contributed by atoms with E-state index in [2.05, 4.69) is 10.2 Å². The van der Waals surface area contributed by atoms with Crippen molar-refractivity contribution in [3.05, 3.63) is 59.5 Å². The van der Waals surface area contributed by atoms with Crippen molar-refractivity contribution in [2.45, 2.75) is 0 Å². The van der Waals surface area contributed by atoms with Crippen molar-refractivity contribution < 1.29 is 0 Å².